The summed E-state index contributed by atoms with van der Waals surface area (Å²) < 4.78 is 18.0. The molecule has 0 saturated heterocycles. The molecule has 0 bridgehead atoms. The Morgan fingerprint density at radius 3 is 2.11 bits per heavy atom. The summed E-state index contributed by atoms with van der Waals surface area (Å²) in [6.07, 6.45) is 1.83. The van der Waals surface area contributed by atoms with Crippen LogP contribution in [0.4, 0.5) is 0 Å². The van der Waals surface area contributed by atoms with Gasteiger partial charge < -0.3 is 24.5 Å². The average molecular weight is 495 g/mol. The minimum atomic E-state index is 0.635. The number of furan rings is 1. The zero-order chi connectivity index (χ0) is 24.9. The first-order valence-electron chi connectivity index (χ1n) is 12.9. The highest BCUT2D eigenvalue weighted by Crippen LogP contribution is 2.30. The summed E-state index contributed by atoms with van der Waals surface area (Å²) in [6.45, 7) is 4.77. The normalized spacial score (nSPS) is 14.7. The van der Waals surface area contributed by atoms with Gasteiger partial charge in [0.2, 0.25) is 0 Å². The second-order valence-electron chi connectivity index (χ2n) is 9.13. The SMILES string of the molecule is c1cc(OCCCCOc2ccc(C3=NCCN3)cc2)cc(-c2cc3cc(C4=NCCN4)ccc3o2)c1. The molecule has 7 nitrogen and oxygen atoms in total. The van der Waals surface area contributed by atoms with Crippen molar-refractivity contribution in [3.63, 3.8) is 0 Å². The lowest BCUT2D eigenvalue weighted by Crippen LogP contribution is -2.19. The Hall–Kier alpha value is -4.26. The van der Waals surface area contributed by atoms with E-state index in [2.05, 4.69) is 32.8 Å². The fraction of sp³-hybridized carbons (Fsp3) is 0.267. The molecule has 0 amide bonds. The predicted octanol–water partition coefficient (Wildman–Crippen LogP) is 5.04. The number of nitrogens with one attached hydrogen (secondary N) is 2. The highest BCUT2D eigenvalue weighted by molar-refractivity contribution is 6.02. The average Bonchev–Trinajstić information content (AvgIpc) is 3.73. The van der Waals surface area contributed by atoms with Crippen LogP contribution in [0.5, 0.6) is 11.5 Å². The lowest BCUT2D eigenvalue weighted by atomic mass is 10.1. The number of benzene rings is 3. The van der Waals surface area contributed by atoms with Crippen molar-refractivity contribution in [2.75, 3.05) is 39.4 Å². The van der Waals surface area contributed by atoms with E-state index in [1.54, 1.807) is 0 Å². The largest absolute Gasteiger partial charge is 0.494 e. The standard InChI is InChI=1S/C30H30N4O3/c1(16-35-25-9-6-21(7-10-25)29-31-12-13-32-29)2-17-36-26-5-3-4-22(19-26)28-20-24-18-23(8-11-27(24)37-28)30-33-14-15-34-30/h3-11,18-20H,1-2,12-17H2,(H,31,32)(H,33,34). The van der Waals surface area contributed by atoms with E-state index in [1.165, 1.54) is 0 Å². The lowest BCUT2D eigenvalue weighted by molar-refractivity contribution is 0.266. The zero-order valence-electron chi connectivity index (χ0n) is 20.7. The summed E-state index contributed by atoms with van der Waals surface area (Å²) in [5.74, 6) is 4.46. The number of nitrogens with zero attached hydrogens (tertiary/aromatic N) is 2. The van der Waals surface area contributed by atoms with Gasteiger partial charge in [-0.1, -0.05) is 12.1 Å². The maximum Gasteiger partial charge on any atom is 0.135 e. The molecule has 188 valence electrons. The van der Waals surface area contributed by atoms with Crippen LogP contribution in [0, 0.1) is 0 Å². The lowest BCUT2D eigenvalue weighted by Gasteiger charge is -2.09. The maximum atomic E-state index is 6.12. The Kier molecular flexibility index (Phi) is 6.75. The van der Waals surface area contributed by atoms with Gasteiger partial charge in [-0.2, -0.15) is 0 Å². The molecule has 3 heterocycles. The van der Waals surface area contributed by atoms with E-state index in [4.69, 9.17) is 13.9 Å². The molecule has 6 rings (SSSR count). The molecule has 0 fully saturated rings. The molecule has 1 aromatic heterocycles. The summed E-state index contributed by atoms with van der Waals surface area (Å²) in [5.41, 5.74) is 4.05. The van der Waals surface area contributed by atoms with Gasteiger partial charge in [-0.3, -0.25) is 9.98 Å². The molecular weight excluding hydrogens is 464 g/mol. The Bertz CT molecular complexity index is 1440. The Balaban J connectivity index is 0.987. The third kappa shape index (κ3) is 5.45. The molecule has 3 aromatic carbocycles. The van der Waals surface area contributed by atoms with Gasteiger partial charge in [0.05, 0.1) is 26.3 Å². The molecule has 0 unspecified atom stereocenters. The molecule has 0 radical (unpaired) electrons. The number of aliphatic imine (C=N–C) groups is 2. The fourth-order valence-electron chi connectivity index (χ4n) is 4.55. The second kappa shape index (κ2) is 10.8. The highest BCUT2D eigenvalue weighted by atomic mass is 16.5. The van der Waals surface area contributed by atoms with Crippen molar-refractivity contribution in [2.24, 2.45) is 9.98 Å². The first-order valence-corrected chi connectivity index (χ1v) is 12.9. The summed E-state index contributed by atoms with van der Waals surface area (Å²) in [4.78, 5) is 8.96. The van der Waals surface area contributed by atoms with E-state index >= 15 is 0 Å². The molecule has 2 aliphatic heterocycles. The van der Waals surface area contributed by atoms with E-state index in [0.29, 0.717) is 13.2 Å². The first kappa shape index (κ1) is 23.2. The molecule has 2 N–H and O–H groups in total. The number of amidine groups is 2. The van der Waals surface area contributed by atoms with Gasteiger partial charge in [-0.05, 0) is 73.5 Å². The minimum absolute atomic E-state index is 0.635. The molecule has 37 heavy (non-hydrogen) atoms. The van der Waals surface area contributed by atoms with Gasteiger partial charge >= 0.3 is 0 Å². The van der Waals surface area contributed by atoms with Gasteiger partial charge in [0.1, 0.15) is 34.5 Å². The van der Waals surface area contributed by atoms with Crippen molar-refractivity contribution in [2.45, 2.75) is 12.8 Å². The van der Waals surface area contributed by atoms with Crippen molar-refractivity contribution >= 4 is 22.6 Å². The third-order valence-electron chi connectivity index (χ3n) is 6.46. The van der Waals surface area contributed by atoms with Crippen molar-refractivity contribution in [3.8, 4) is 22.8 Å². The van der Waals surface area contributed by atoms with E-state index in [0.717, 1.165) is 95.6 Å². The Morgan fingerprint density at radius 2 is 1.38 bits per heavy atom. The highest BCUT2D eigenvalue weighted by Gasteiger charge is 2.12. The number of fused-ring (bicyclic) bond motifs is 1. The van der Waals surface area contributed by atoms with E-state index < -0.39 is 0 Å². The second-order valence-corrected chi connectivity index (χ2v) is 9.13. The Labute approximate surface area is 216 Å². The summed E-state index contributed by atoms with van der Waals surface area (Å²) in [5, 5.41) is 7.67. The molecule has 0 atom stereocenters. The van der Waals surface area contributed by atoms with Crippen molar-refractivity contribution in [1.82, 2.24) is 10.6 Å². The molecule has 7 heteroatoms. The van der Waals surface area contributed by atoms with Crippen LogP contribution < -0.4 is 20.1 Å². The van der Waals surface area contributed by atoms with Crippen LogP contribution in [-0.4, -0.2) is 51.1 Å². The van der Waals surface area contributed by atoms with Gasteiger partial charge in [0.15, 0.2) is 0 Å². The topological polar surface area (TPSA) is 80.4 Å². The van der Waals surface area contributed by atoms with Crippen LogP contribution in [0.3, 0.4) is 0 Å². The molecule has 0 spiro atoms. The van der Waals surface area contributed by atoms with Crippen LogP contribution in [0.25, 0.3) is 22.3 Å². The van der Waals surface area contributed by atoms with Crippen LogP contribution in [-0.2, 0) is 0 Å². The quantitative estimate of drug-likeness (QED) is 0.302. The van der Waals surface area contributed by atoms with E-state index in [9.17, 15) is 0 Å². The molecule has 2 aliphatic rings. The number of unbranched alkanes of at least 4 members (excludes halogenated alkanes) is 1. The molecular formula is C30H30N4O3. The van der Waals surface area contributed by atoms with Crippen molar-refractivity contribution in [1.29, 1.82) is 0 Å². The van der Waals surface area contributed by atoms with Crippen LogP contribution in [0.1, 0.15) is 24.0 Å². The summed E-state index contributed by atoms with van der Waals surface area (Å²) in [7, 11) is 0. The maximum absolute atomic E-state index is 6.12. The molecule has 0 aliphatic carbocycles. The summed E-state index contributed by atoms with van der Waals surface area (Å²) in [6, 6.07) is 24.4. The van der Waals surface area contributed by atoms with Crippen LogP contribution in [0.15, 0.2) is 87.2 Å². The third-order valence-corrected chi connectivity index (χ3v) is 6.46. The van der Waals surface area contributed by atoms with Gasteiger partial charge in [-0.15, -0.1) is 0 Å². The number of ether oxygens (including phenoxy) is 2. The molecule has 0 saturated carbocycles. The van der Waals surface area contributed by atoms with Crippen molar-refractivity contribution < 1.29 is 13.9 Å². The van der Waals surface area contributed by atoms with Crippen LogP contribution >= 0.6 is 0 Å². The predicted molar refractivity (Wildman–Crippen MR) is 147 cm³/mol. The fourth-order valence-corrected chi connectivity index (χ4v) is 4.55. The zero-order valence-corrected chi connectivity index (χ0v) is 20.7. The monoisotopic (exact) mass is 494 g/mol. The number of hydrogen-bond donors (Lipinski definition) is 2. The van der Waals surface area contributed by atoms with Crippen molar-refractivity contribution in [3.05, 3.63) is 83.9 Å². The number of hydrogen-bond acceptors (Lipinski definition) is 7. The first-order chi connectivity index (χ1) is 18.3. The number of rotatable bonds is 10. The minimum Gasteiger partial charge on any atom is -0.494 e. The molecule has 4 aromatic rings. The van der Waals surface area contributed by atoms with Gasteiger partial charge in [0.25, 0.3) is 0 Å². The van der Waals surface area contributed by atoms with E-state index in [1.807, 2.05) is 60.7 Å². The summed E-state index contributed by atoms with van der Waals surface area (Å²) >= 11 is 0. The van der Waals surface area contributed by atoms with Gasteiger partial charge in [0, 0.05) is 35.2 Å². The van der Waals surface area contributed by atoms with Crippen LogP contribution in [0.2, 0.25) is 0 Å². The van der Waals surface area contributed by atoms with E-state index in [-0.39, 0.29) is 0 Å². The Morgan fingerprint density at radius 1 is 0.676 bits per heavy atom. The van der Waals surface area contributed by atoms with Gasteiger partial charge in [-0.25, -0.2) is 0 Å². The smallest absolute Gasteiger partial charge is 0.135 e.